The second-order valence-corrected chi connectivity index (χ2v) is 7.91. The maximum atomic E-state index is 12.3. The zero-order valence-electron chi connectivity index (χ0n) is 15.2. The van der Waals surface area contributed by atoms with Crippen LogP contribution >= 0.6 is 0 Å². The Morgan fingerprint density at radius 2 is 1.89 bits per heavy atom. The fraction of sp³-hybridized carbons (Fsp3) is 0.111. The van der Waals surface area contributed by atoms with E-state index in [-0.39, 0.29) is 4.90 Å². The van der Waals surface area contributed by atoms with Gasteiger partial charge in [-0.25, -0.2) is 14.3 Å². The lowest BCUT2D eigenvalue weighted by molar-refractivity contribution is 0.584. The summed E-state index contributed by atoms with van der Waals surface area (Å²) in [5.74, 6) is 0. The highest BCUT2D eigenvalue weighted by molar-refractivity contribution is 7.89. The van der Waals surface area contributed by atoms with Crippen LogP contribution in [0.15, 0.2) is 65.1 Å². The van der Waals surface area contributed by atoms with E-state index in [9.17, 15) is 8.42 Å². The van der Waals surface area contributed by atoms with Gasteiger partial charge in [-0.3, -0.25) is 4.68 Å². The summed E-state index contributed by atoms with van der Waals surface area (Å²) in [4.78, 5) is 6.94. The molecule has 0 saturated carbocycles. The molecule has 0 saturated heterocycles. The number of aryl methyl sites for hydroxylation is 2. The lowest BCUT2D eigenvalue weighted by Gasteiger charge is -2.03. The molecule has 0 aliphatic rings. The van der Waals surface area contributed by atoms with Crippen LogP contribution in [0.5, 0.6) is 0 Å². The fourth-order valence-electron chi connectivity index (χ4n) is 2.63. The van der Waals surface area contributed by atoms with Gasteiger partial charge in [0.25, 0.3) is 10.0 Å². The molecule has 0 atom stereocenters. The molecule has 0 aliphatic heterocycles. The fourth-order valence-corrected chi connectivity index (χ4v) is 3.42. The molecule has 10 heteroatoms. The Labute approximate surface area is 161 Å². The Morgan fingerprint density at radius 1 is 1.11 bits per heavy atom. The van der Waals surface area contributed by atoms with E-state index in [2.05, 4.69) is 25.1 Å². The van der Waals surface area contributed by atoms with Crippen LogP contribution in [-0.2, 0) is 17.1 Å². The Balaban J connectivity index is 1.60. The second kappa shape index (κ2) is 6.89. The van der Waals surface area contributed by atoms with E-state index >= 15 is 0 Å². The highest BCUT2D eigenvalue weighted by Crippen LogP contribution is 2.17. The first kappa shape index (κ1) is 17.9. The van der Waals surface area contributed by atoms with Crippen LogP contribution in [0, 0.1) is 6.92 Å². The van der Waals surface area contributed by atoms with E-state index < -0.39 is 10.0 Å². The van der Waals surface area contributed by atoms with E-state index in [0.29, 0.717) is 11.2 Å². The molecule has 4 aromatic rings. The van der Waals surface area contributed by atoms with Crippen LogP contribution in [0.2, 0.25) is 0 Å². The molecule has 0 spiro atoms. The van der Waals surface area contributed by atoms with Gasteiger partial charge in [0.2, 0.25) is 0 Å². The van der Waals surface area contributed by atoms with Gasteiger partial charge in [0, 0.05) is 25.0 Å². The Kier molecular flexibility index (Phi) is 4.40. The highest BCUT2D eigenvalue weighted by atomic mass is 32.2. The van der Waals surface area contributed by atoms with E-state index in [0.717, 1.165) is 16.8 Å². The zero-order valence-corrected chi connectivity index (χ0v) is 16.0. The van der Waals surface area contributed by atoms with Gasteiger partial charge in [-0.05, 0) is 25.1 Å². The van der Waals surface area contributed by atoms with Crippen molar-refractivity contribution in [2.75, 3.05) is 0 Å². The van der Waals surface area contributed by atoms with Gasteiger partial charge >= 0.3 is 0 Å². The summed E-state index contributed by atoms with van der Waals surface area (Å²) < 4.78 is 27.9. The largest absolute Gasteiger partial charge is 0.276 e. The third kappa shape index (κ3) is 3.49. The quantitative estimate of drug-likeness (QED) is 0.409. The van der Waals surface area contributed by atoms with Crippen molar-refractivity contribution in [3.63, 3.8) is 0 Å². The predicted molar refractivity (Wildman–Crippen MR) is 104 cm³/mol. The van der Waals surface area contributed by atoms with E-state index in [1.165, 1.54) is 18.3 Å². The SMILES string of the molecule is Cc1ccc(S(=O)(=O)NN=Cc2cnn3ccc(-c4cnn(C)c4)nc23)cc1. The molecule has 0 radical (unpaired) electrons. The maximum Gasteiger partial charge on any atom is 0.276 e. The van der Waals surface area contributed by atoms with E-state index in [4.69, 9.17) is 0 Å². The molecule has 9 nitrogen and oxygen atoms in total. The molecule has 0 bridgehead atoms. The number of nitrogens with zero attached hydrogens (tertiary/aromatic N) is 6. The molecule has 0 unspecified atom stereocenters. The van der Waals surface area contributed by atoms with Gasteiger partial charge in [0.05, 0.1) is 34.8 Å². The summed E-state index contributed by atoms with van der Waals surface area (Å²) >= 11 is 0. The normalized spacial score (nSPS) is 12.1. The van der Waals surface area contributed by atoms with Gasteiger partial charge < -0.3 is 0 Å². The summed E-state index contributed by atoms with van der Waals surface area (Å²) in [6.07, 6.45) is 8.31. The number of aromatic nitrogens is 5. The first-order chi connectivity index (χ1) is 13.4. The molecule has 28 heavy (non-hydrogen) atoms. The summed E-state index contributed by atoms with van der Waals surface area (Å²) in [5, 5.41) is 12.2. The van der Waals surface area contributed by atoms with Gasteiger partial charge in [0.15, 0.2) is 5.65 Å². The van der Waals surface area contributed by atoms with Crippen LogP contribution in [0.25, 0.3) is 16.9 Å². The van der Waals surface area contributed by atoms with Gasteiger partial charge in [-0.1, -0.05) is 17.7 Å². The predicted octanol–water partition coefficient (Wildman–Crippen LogP) is 1.75. The van der Waals surface area contributed by atoms with E-state index in [1.54, 1.807) is 39.9 Å². The number of nitrogens with one attached hydrogen (secondary N) is 1. The Hall–Kier alpha value is -3.53. The third-order valence-electron chi connectivity index (χ3n) is 4.10. The lowest BCUT2D eigenvalue weighted by Crippen LogP contribution is -2.18. The summed E-state index contributed by atoms with van der Waals surface area (Å²) in [7, 11) is -1.91. The van der Waals surface area contributed by atoms with Crippen molar-refractivity contribution in [2.24, 2.45) is 12.1 Å². The minimum absolute atomic E-state index is 0.145. The average Bonchev–Trinajstić information content (AvgIpc) is 3.28. The van der Waals surface area contributed by atoms with Crippen molar-refractivity contribution < 1.29 is 8.42 Å². The number of hydrazone groups is 1. The van der Waals surface area contributed by atoms with Gasteiger partial charge in [-0.2, -0.15) is 23.7 Å². The number of hydrogen-bond acceptors (Lipinski definition) is 6. The number of fused-ring (bicyclic) bond motifs is 1. The molecule has 0 aliphatic carbocycles. The van der Waals surface area contributed by atoms with Crippen molar-refractivity contribution >= 4 is 21.9 Å². The van der Waals surface area contributed by atoms with Crippen LogP contribution in [0.1, 0.15) is 11.1 Å². The molecule has 4 rings (SSSR count). The minimum Gasteiger partial charge on any atom is -0.275 e. The highest BCUT2D eigenvalue weighted by Gasteiger charge is 2.12. The van der Waals surface area contributed by atoms with Crippen LogP contribution in [-0.4, -0.2) is 39.0 Å². The monoisotopic (exact) mass is 395 g/mol. The van der Waals surface area contributed by atoms with Crippen molar-refractivity contribution in [2.45, 2.75) is 11.8 Å². The molecular weight excluding hydrogens is 378 g/mol. The standard InChI is InChI=1S/C18H17N7O2S/c1-13-3-5-16(6-4-13)28(26,27)23-19-9-14-10-21-25-8-7-17(22-18(14)25)15-11-20-24(2)12-15/h3-12,23H,1-2H3. The van der Waals surface area contributed by atoms with Gasteiger partial charge in [-0.15, -0.1) is 0 Å². The second-order valence-electron chi connectivity index (χ2n) is 6.25. The first-order valence-corrected chi connectivity index (χ1v) is 9.86. The Morgan fingerprint density at radius 3 is 2.61 bits per heavy atom. The van der Waals surface area contributed by atoms with Crippen molar-refractivity contribution in [3.05, 3.63) is 66.2 Å². The third-order valence-corrected chi connectivity index (χ3v) is 5.34. The zero-order chi connectivity index (χ0) is 19.7. The molecule has 3 heterocycles. The average molecular weight is 395 g/mol. The van der Waals surface area contributed by atoms with Crippen molar-refractivity contribution in [3.8, 4) is 11.3 Å². The van der Waals surface area contributed by atoms with E-state index in [1.807, 2.05) is 26.2 Å². The summed E-state index contributed by atoms with van der Waals surface area (Å²) in [6.45, 7) is 1.89. The molecule has 1 N–H and O–H groups in total. The topological polar surface area (TPSA) is 107 Å². The van der Waals surface area contributed by atoms with Gasteiger partial charge in [0.1, 0.15) is 0 Å². The maximum absolute atomic E-state index is 12.3. The first-order valence-electron chi connectivity index (χ1n) is 8.37. The van der Waals surface area contributed by atoms with Crippen LogP contribution in [0.3, 0.4) is 0 Å². The molecule has 142 valence electrons. The van der Waals surface area contributed by atoms with Crippen LogP contribution < -0.4 is 4.83 Å². The van der Waals surface area contributed by atoms with Crippen molar-refractivity contribution in [1.82, 2.24) is 29.2 Å². The number of rotatable bonds is 5. The molecule has 0 fully saturated rings. The molecular formula is C18H17N7O2S. The molecule has 0 amide bonds. The molecule has 3 aromatic heterocycles. The lowest BCUT2D eigenvalue weighted by atomic mass is 10.2. The van der Waals surface area contributed by atoms with Crippen LogP contribution in [0.4, 0.5) is 0 Å². The minimum atomic E-state index is -3.74. The number of benzene rings is 1. The van der Waals surface area contributed by atoms with Crippen molar-refractivity contribution in [1.29, 1.82) is 0 Å². The smallest absolute Gasteiger partial charge is 0.275 e. The number of hydrogen-bond donors (Lipinski definition) is 1. The number of sulfonamides is 1. The summed E-state index contributed by atoms with van der Waals surface area (Å²) in [5.41, 5.74) is 3.71. The molecule has 1 aromatic carbocycles. The summed E-state index contributed by atoms with van der Waals surface area (Å²) in [6, 6.07) is 8.35. The Bertz CT molecular complexity index is 1270.